The maximum atomic E-state index is 10.4. The van der Waals surface area contributed by atoms with Gasteiger partial charge in [0.25, 0.3) is 0 Å². The summed E-state index contributed by atoms with van der Waals surface area (Å²) in [6.07, 6.45) is 3.34. The molecule has 0 amide bonds. The molecule has 2 rings (SSSR count). The molecule has 0 fully saturated rings. The molecule has 0 aliphatic carbocycles. The summed E-state index contributed by atoms with van der Waals surface area (Å²) in [5, 5.41) is 1.76. The van der Waals surface area contributed by atoms with Crippen LogP contribution in [0.5, 0.6) is 0 Å². The zero-order chi connectivity index (χ0) is 10.8. The third-order valence-corrected chi connectivity index (χ3v) is 2.97. The molecule has 0 spiro atoms. The van der Waals surface area contributed by atoms with Crippen LogP contribution < -0.4 is 0 Å². The van der Waals surface area contributed by atoms with Crippen LogP contribution in [0, 0.1) is 0 Å². The van der Waals surface area contributed by atoms with Crippen LogP contribution in [-0.2, 0) is 4.79 Å². The second kappa shape index (κ2) is 4.07. The van der Waals surface area contributed by atoms with Gasteiger partial charge in [0, 0.05) is 23.5 Å². The molecule has 0 radical (unpaired) electrons. The number of nitrogens with one attached hydrogen (secondary N) is 1. The molecule has 1 atom stereocenters. The molecule has 2 aromatic rings. The summed E-state index contributed by atoms with van der Waals surface area (Å²) < 4.78 is 0. The number of aldehydes is 1. The van der Waals surface area contributed by atoms with Crippen molar-refractivity contribution in [1.82, 2.24) is 4.98 Å². The van der Waals surface area contributed by atoms with Crippen molar-refractivity contribution >= 4 is 28.8 Å². The third kappa shape index (κ3) is 1.90. The Labute approximate surface area is 93.2 Å². The molecule has 0 saturated heterocycles. The molecule has 1 aromatic carbocycles. The highest BCUT2D eigenvalue weighted by Crippen LogP contribution is 2.28. The van der Waals surface area contributed by atoms with E-state index in [4.69, 9.17) is 11.6 Å². The number of hydrogen-bond donors (Lipinski definition) is 1. The lowest BCUT2D eigenvalue weighted by atomic mass is 9.97. The Hall–Kier alpha value is -1.28. The van der Waals surface area contributed by atoms with E-state index in [9.17, 15) is 4.79 Å². The number of carbonyl (C=O) groups excluding carboxylic acids is 1. The van der Waals surface area contributed by atoms with Gasteiger partial charge >= 0.3 is 0 Å². The van der Waals surface area contributed by atoms with E-state index in [1.807, 2.05) is 25.3 Å². The number of halogens is 1. The first-order valence-corrected chi connectivity index (χ1v) is 5.30. The zero-order valence-electron chi connectivity index (χ0n) is 8.46. The Balaban J connectivity index is 2.48. The van der Waals surface area contributed by atoms with E-state index in [1.165, 1.54) is 0 Å². The molecule has 1 aromatic heterocycles. The van der Waals surface area contributed by atoms with E-state index in [1.54, 1.807) is 0 Å². The largest absolute Gasteiger partial charge is 0.361 e. The number of benzene rings is 1. The quantitative estimate of drug-likeness (QED) is 0.791. The van der Waals surface area contributed by atoms with Crippen LogP contribution in [-0.4, -0.2) is 11.3 Å². The maximum absolute atomic E-state index is 10.4. The minimum atomic E-state index is 0.215. The van der Waals surface area contributed by atoms with Gasteiger partial charge in [-0.2, -0.15) is 0 Å². The molecule has 1 N–H and O–H groups in total. The number of carbonyl (C=O) groups is 1. The summed E-state index contributed by atoms with van der Waals surface area (Å²) in [4.78, 5) is 13.6. The van der Waals surface area contributed by atoms with Gasteiger partial charge in [0.1, 0.15) is 6.29 Å². The Morgan fingerprint density at radius 2 is 2.33 bits per heavy atom. The molecule has 0 aliphatic rings. The average molecular weight is 222 g/mol. The molecule has 0 bridgehead atoms. The fourth-order valence-corrected chi connectivity index (χ4v) is 2.00. The summed E-state index contributed by atoms with van der Waals surface area (Å²) in [5.74, 6) is 0.215. The van der Waals surface area contributed by atoms with Crippen molar-refractivity contribution in [2.24, 2.45) is 0 Å². The fraction of sp³-hybridized carbons (Fsp3) is 0.250. The van der Waals surface area contributed by atoms with Crippen LogP contribution in [0.3, 0.4) is 0 Å². The normalized spacial score (nSPS) is 12.9. The fourth-order valence-electron chi connectivity index (χ4n) is 1.71. The molecule has 0 saturated carbocycles. The lowest BCUT2D eigenvalue weighted by molar-refractivity contribution is -0.108. The van der Waals surface area contributed by atoms with Crippen LogP contribution in [0.1, 0.15) is 24.8 Å². The molecule has 1 unspecified atom stereocenters. The zero-order valence-corrected chi connectivity index (χ0v) is 9.21. The molecular formula is C12H12ClNO. The molecule has 1 heterocycles. The van der Waals surface area contributed by atoms with Crippen molar-refractivity contribution in [3.8, 4) is 0 Å². The Morgan fingerprint density at radius 1 is 1.53 bits per heavy atom. The van der Waals surface area contributed by atoms with Crippen molar-refractivity contribution in [3.05, 3.63) is 35.0 Å². The van der Waals surface area contributed by atoms with E-state index in [0.29, 0.717) is 6.42 Å². The highest BCUT2D eigenvalue weighted by atomic mass is 35.5. The minimum Gasteiger partial charge on any atom is -0.361 e. The summed E-state index contributed by atoms with van der Waals surface area (Å²) >= 11 is 6.14. The Bertz CT molecular complexity index is 489. The van der Waals surface area contributed by atoms with Gasteiger partial charge < -0.3 is 9.78 Å². The number of aromatic nitrogens is 1. The predicted molar refractivity (Wildman–Crippen MR) is 62.4 cm³/mol. The first-order chi connectivity index (χ1) is 7.22. The monoisotopic (exact) mass is 221 g/mol. The first kappa shape index (κ1) is 10.2. The van der Waals surface area contributed by atoms with Gasteiger partial charge in [-0.3, -0.25) is 0 Å². The van der Waals surface area contributed by atoms with Gasteiger partial charge in [0.05, 0.1) is 5.02 Å². The number of aromatic amines is 1. The van der Waals surface area contributed by atoms with E-state index < -0.39 is 0 Å². The van der Waals surface area contributed by atoms with Gasteiger partial charge in [0.2, 0.25) is 0 Å². The molecule has 2 nitrogen and oxygen atoms in total. The molecule has 15 heavy (non-hydrogen) atoms. The predicted octanol–water partition coefficient (Wildman–Crippen LogP) is 3.51. The van der Waals surface area contributed by atoms with E-state index >= 15 is 0 Å². The number of hydrogen-bond acceptors (Lipinski definition) is 1. The molecular weight excluding hydrogens is 210 g/mol. The maximum Gasteiger partial charge on any atom is 0.120 e. The van der Waals surface area contributed by atoms with E-state index in [2.05, 4.69) is 11.1 Å². The number of rotatable bonds is 3. The molecule has 78 valence electrons. The van der Waals surface area contributed by atoms with Crippen molar-refractivity contribution < 1.29 is 4.79 Å². The summed E-state index contributed by atoms with van der Waals surface area (Å²) in [5.41, 5.74) is 2.12. The van der Waals surface area contributed by atoms with Crippen LogP contribution in [0.25, 0.3) is 10.9 Å². The van der Waals surface area contributed by atoms with Crippen LogP contribution in [0.4, 0.5) is 0 Å². The topological polar surface area (TPSA) is 32.9 Å². The molecule has 0 aliphatic heterocycles. The number of H-pyrrole nitrogens is 1. The minimum absolute atomic E-state index is 0.215. The lowest BCUT2D eigenvalue weighted by Crippen LogP contribution is -1.94. The Kier molecular flexibility index (Phi) is 2.78. The van der Waals surface area contributed by atoms with E-state index in [0.717, 1.165) is 27.8 Å². The second-order valence-corrected chi connectivity index (χ2v) is 4.15. The van der Waals surface area contributed by atoms with Crippen molar-refractivity contribution in [1.29, 1.82) is 0 Å². The summed E-state index contributed by atoms with van der Waals surface area (Å²) in [6.45, 7) is 2.02. The van der Waals surface area contributed by atoms with Gasteiger partial charge in [0.15, 0.2) is 0 Å². The van der Waals surface area contributed by atoms with Crippen molar-refractivity contribution in [2.75, 3.05) is 0 Å². The van der Waals surface area contributed by atoms with Gasteiger partial charge in [-0.1, -0.05) is 18.5 Å². The smallest absolute Gasteiger partial charge is 0.120 e. The molecule has 3 heteroatoms. The van der Waals surface area contributed by atoms with Crippen LogP contribution >= 0.6 is 11.6 Å². The average Bonchev–Trinajstić information content (AvgIpc) is 2.66. The van der Waals surface area contributed by atoms with Gasteiger partial charge in [-0.25, -0.2) is 0 Å². The van der Waals surface area contributed by atoms with Gasteiger partial charge in [-0.15, -0.1) is 0 Å². The standard InChI is InChI=1S/C12H12ClNO/c1-8(3-5-15)9-6-11(13)10-2-4-14-12(10)7-9/h2,4-8,14H,3H2,1H3. The first-order valence-electron chi connectivity index (χ1n) is 4.92. The van der Waals surface area contributed by atoms with Crippen LogP contribution in [0.15, 0.2) is 24.4 Å². The van der Waals surface area contributed by atoms with Crippen LogP contribution in [0.2, 0.25) is 5.02 Å². The highest BCUT2D eigenvalue weighted by molar-refractivity contribution is 6.35. The van der Waals surface area contributed by atoms with Crippen molar-refractivity contribution in [2.45, 2.75) is 19.3 Å². The van der Waals surface area contributed by atoms with Gasteiger partial charge in [-0.05, 0) is 29.7 Å². The summed E-state index contributed by atoms with van der Waals surface area (Å²) in [7, 11) is 0. The second-order valence-electron chi connectivity index (χ2n) is 3.75. The van der Waals surface area contributed by atoms with E-state index in [-0.39, 0.29) is 5.92 Å². The van der Waals surface area contributed by atoms with Crippen molar-refractivity contribution in [3.63, 3.8) is 0 Å². The lowest BCUT2D eigenvalue weighted by Gasteiger charge is -2.09. The number of fused-ring (bicyclic) bond motifs is 1. The summed E-state index contributed by atoms with van der Waals surface area (Å²) in [6, 6.07) is 5.94. The highest BCUT2D eigenvalue weighted by Gasteiger charge is 2.08. The SMILES string of the molecule is CC(CC=O)c1cc(Cl)c2cc[nH]c2c1. The Morgan fingerprint density at radius 3 is 3.07 bits per heavy atom. The third-order valence-electron chi connectivity index (χ3n) is 2.66.